The Labute approximate surface area is 176 Å². The molecule has 1 saturated heterocycles. The molecule has 0 atom stereocenters. The maximum atomic E-state index is 5.79. The van der Waals surface area contributed by atoms with Crippen molar-refractivity contribution in [2.75, 3.05) is 37.7 Å². The summed E-state index contributed by atoms with van der Waals surface area (Å²) in [5, 5.41) is 4.62. The number of anilines is 1. The van der Waals surface area contributed by atoms with E-state index in [1.807, 2.05) is 50.2 Å². The number of aryl methyl sites for hydroxylation is 1. The zero-order chi connectivity index (χ0) is 20.2. The maximum absolute atomic E-state index is 5.79. The van der Waals surface area contributed by atoms with Crippen molar-refractivity contribution in [2.45, 2.75) is 20.5 Å². The zero-order valence-electron chi connectivity index (χ0n) is 16.9. The van der Waals surface area contributed by atoms with Crippen molar-refractivity contribution in [2.24, 2.45) is 0 Å². The van der Waals surface area contributed by atoms with Crippen molar-refractivity contribution >= 4 is 17.9 Å². The van der Waals surface area contributed by atoms with Crippen LogP contribution < -0.4 is 9.64 Å². The third kappa shape index (κ3) is 4.36. The highest BCUT2D eigenvalue weighted by Gasteiger charge is 2.21. The Kier molecular flexibility index (Phi) is 5.97. The first-order chi connectivity index (χ1) is 14.2. The molecule has 0 bridgehead atoms. The van der Waals surface area contributed by atoms with Crippen molar-refractivity contribution in [1.82, 2.24) is 14.7 Å². The van der Waals surface area contributed by atoms with Gasteiger partial charge < -0.3 is 14.1 Å². The monoisotopic (exact) mass is 410 g/mol. The summed E-state index contributed by atoms with van der Waals surface area (Å²) in [4.78, 5) is 5.13. The van der Waals surface area contributed by atoms with Crippen molar-refractivity contribution < 1.29 is 9.15 Å². The number of aromatic nitrogens is 2. The molecule has 7 heteroatoms. The standard InChI is InChI=1S/C22H26N4O2S/c1-3-27-20-11-7-6-10-19(20)25-14-12-24(13-15-25)16-26-22(29)28-21(23-26)18-9-5-4-8-17(18)2/h4-11H,3,12-16H2,1-2H3. The topological polar surface area (TPSA) is 46.7 Å². The first kappa shape index (κ1) is 19.7. The van der Waals surface area contributed by atoms with E-state index < -0.39 is 0 Å². The minimum atomic E-state index is 0.410. The van der Waals surface area contributed by atoms with Crippen molar-refractivity contribution in [3.05, 3.63) is 58.9 Å². The van der Waals surface area contributed by atoms with Crippen LogP contribution in [0, 0.1) is 11.8 Å². The molecule has 1 aliphatic rings. The molecule has 0 amide bonds. The maximum Gasteiger partial charge on any atom is 0.288 e. The molecule has 1 aliphatic heterocycles. The van der Waals surface area contributed by atoms with Crippen LogP contribution >= 0.6 is 12.2 Å². The van der Waals surface area contributed by atoms with Crippen LogP contribution in [0.5, 0.6) is 5.75 Å². The second-order valence-corrected chi connectivity index (χ2v) is 7.48. The largest absolute Gasteiger partial charge is 0.492 e. The van der Waals surface area contributed by atoms with E-state index in [0.29, 0.717) is 24.0 Å². The van der Waals surface area contributed by atoms with E-state index in [1.54, 1.807) is 4.68 Å². The molecule has 0 saturated carbocycles. The van der Waals surface area contributed by atoms with Gasteiger partial charge in [-0.1, -0.05) is 30.3 Å². The van der Waals surface area contributed by atoms with Crippen LogP contribution in [-0.2, 0) is 6.67 Å². The van der Waals surface area contributed by atoms with Gasteiger partial charge in [-0.25, -0.2) is 4.68 Å². The number of nitrogens with zero attached hydrogens (tertiary/aromatic N) is 4. The van der Waals surface area contributed by atoms with Crippen LogP contribution in [0.25, 0.3) is 11.5 Å². The Balaban J connectivity index is 1.42. The van der Waals surface area contributed by atoms with Gasteiger partial charge in [-0.2, -0.15) is 0 Å². The minimum Gasteiger partial charge on any atom is -0.492 e. The number of para-hydroxylation sites is 2. The predicted octanol–water partition coefficient (Wildman–Crippen LogP) is 4.36. The van der Waals surface area contributed by atoms with Gasteiger partial charge in [0.1, 0.15) is 5.75 Å². The molecule has 0 spiro atoms. The summed E-state index contributed by atoms with van der Waals surface area (Å²) in [6.07, 6.45) is 0. The van der Waals surface area contributed by atoms with Crippen LogP contribution in [0.1, 0.15) is 12.5 Å². The minimum absolute atomic E-state index is 0.410. The quantitative estimate of drug-likeness (QED) is 0.563. The summed E-state index contributed by atoms with van der Waals surface area (Å²) >= 11 is 5.41. The van der Waals surface area contributed by atoms with Gasteiger partial charge >= 0.3 is 0 Å². The molecule has 2 heterocycles. The molecule has 4 rings (SSSR count). The van der Waals surface area contributed by atoms with Crippen LogP contribution in [0.15, 0.2) is 52.9 Å². The Morgan fingerprint density at radius 3 is 2.52 bits per heavy atom. The zero-order valence-corrected chi connectivity index (χ0v) is 17.7. The average Bonchev–Trinajstić information content (AvgIpc) is 3.10. The van der Waals surface area contributed by atoms with Crippen molar-refractivity contribution in [1.29, 1.82) is 0 Å². The molecule has 0 unspecified atom stereocenters. The van der Waals surface area contributed by atoms with Gasteiger partial charge in [-0.05, 0) is 49.8 Å². The lowest BCUT2D eigenvalue weighted by Crippen LogP contribution is -2.47. The van der Waals surface area contributed by atoms with Crippen LogP contribution in [-0.4, -0.2) is 47.5 Å². The normalized spacial score (nSPS) is 14.9. The first-order valence-electron chi connectivity index (χ1n) is 9.99. The number of rotatable bonds is 6. The molecule has 1 fully saturated rings. The van der Waals surface area contributed by atoms with Gasteiger partial charge in [0, 0.05) is 31.7 Å². The first-order valence-corrected chi connectivity index (χ1v) is 10.4. The molecule has 3 aromatic rings. The molecule has 6 nitrogen and oxygen atoms in total. The van der Waals surface area contributed by atoms with Crippen LogP contribution in [0.3, 0.4) is 0 Å². The number of ether oxygens (including phenoxy) is 1. The second-order valence-electron chi connectivity index (χ2n) is 7.13. The van der Waals surface area contributed by atoms with E-state index in [0.717, 1.165) is 48.7 Å². The molecule has 0 radical (unpaired) electrons. The summed E-state index contributed by atoms with van der Waals surface area (Å²) in [5.41, 5.74) is 3.26. The summed E-state index contributed by atoms with van der Waals surface area (Å²) in [6.45, 7) is 9.08. The fourth-order valence-electron chi connectivity index (χ4n) is 3.63. The molecular formula is C22H26N4O2S. The molecule has 29 heavy (non-hydrogen) atoms. The van der Waals surface area contributed by atoms with E-state index >= 15 is 0 Å². The Morgan fingerprint density at radius 2 is 1.76 bits per heavy atom. The van der Waals surface area contributed by atoms with E-state index in [4.69, 9.17) is 21.4 Å². The fraction of sp³-hybridized carbons (Fsp3) is 0.364. The van der Waals surface area contributed by atoms with Crippen LogP contribution in [0.2, 0.25) is 0 Å². The number of benzene rings is 2. The summed E-state index contributed by atoms with van der Waals surface area (Å²) in [5.74, 6) is 1.53. The fourth-order valence-corrected chi connectivity index (χ4v) is 3.81. The Hall–Kier alpha value is -2.64. The van der Waals surface area contributed by atoms with E-state index in [1.165, 1.54) is 0 Å². The predicted molar refractivity (Wildman–Crippen MR) is 117 cm³/mol. The highest BCUT2D eigenvalue weighted by Crippen LogP contribution is 2.29. The third-order valence-corrected chi connectivity index (χ3v) is 5.49. The lowest BCUT2D eigenvalue weighted by atomic mass is 10.1. The Bertz CT molecular complexity index is 1020. The molecule has 0 N–H and O–H groups in total. The second kappa shape index (κ2) is 8.80. The molecular weight excluding hydrogens is 384 g/mol. The average molecular weight is 411 g/mol. The van der Waals surface area contributed by atoms with Crippen LogP contribution in [0.4, 0.5) is 5.69 Å². The summed E-state index contributed by atoms with van der Waals surface area (Å²) in [7, 11) is 0. The Morgan fingerprint density at radius 1 is 1.03 bits per heavy atom. The highest BCUT2D eigenvalue weighted by atomic mass is 32.1. The lowest BCUT2D eigenvalue weighted by Gasteiger charge is -2.36. The van der Waals surface area contributed by atoms with Gasteiger partial charge in [0.2, 0.25) is 5.89 Å². The molecule has 1 aromatic heterocycles. The lowest BCUT2D eigenvalue weighted by molar-refractivity contribution is 0.191. The highest BCUT2D eigenvalue weighted by molar-refractivity contribution is 7.71. The number of hydrogen-bond donors (Lipinski definition) is 0. The third-order valence-electron chi connectivity index (χ3n) is 5.19. The van der Waals surface area contributed by atoms with E-state index in [2.05, 4.69) is 27.0 Å². The van der Waals surface area contributed by atoms with Crippen molar-refractivity contribution in [3.63, 3.8) is 0 Å². The number of piperazine rings is 1. The molecule has 2 aromatic carbocycles. The van der Waals surface area contributed by atoms with Crippen molar-refractivity contribution in [3.8, 4) is 17.2 Å². The number of hydrogen-bond acceptors (Lipinski definition) is 6. The summed E-state index contributed by atoms with van der Waals surface area (Å²) < 4.78 is 13.3. The molecule has 152 valence electrons. The van der Waals surface area contributed by atoms with Gasteiger partial charge in [0.05, 0.1) is 19.0 Å². The van der Waals surface area contributed by atoms with Gasteiger partial charge in [-0.3, -0.25) is 4.90 Å². The molecule has 0 aliphatic carbocycles. The van der Waals surface area contributed by atoms with Gasteiger partial charge in [0.15, 0.2) is 0 Å². The SMILES string of the molecule is CCOc1ccccc1N1CCN(Cn2nc(-c3ccccc3C)oc2=S)CC1. The van der Waals surface area contributed by atoms with E-state index in [9.17, 15) is 0 Å². The van der Waals surface area contributed by atoms with Gasteiger partial charge in [-0.15, -0.1) is 5.10 Å². The summed E-state index contributed by atoms with van der Waals surface area (Å²) in [6, 6.07) is 16.3. The van der Waals surface area contributed by atoms with Gasteiger partial charge in [0.25, 0.3) is 4.84 Å². The van der Waals surface area contributed by atoms with E-state index in [-0.39, 0.29) is 0 Å². The smallest absolute Gasteiger partial charge is 0.288 e.